The van der Waals surface area contributed by atoms with Gasteiger partial charge in [0.15, 0.2) is 0 Å². The molecule has 25 heavy (non-hydrogen) atoms. The number of fused-ring (bicyclic) bond motifs is 1. The number of benzene rings is 1. The maximum absolute atomic E-state index is 11.7. The summed E-state index contributed by atoms with van der Waals surface area (Å²) >= 11 is 0. The molecule has 6 heteroatoms. The smallest absolute Gasteiger partial charge is 0.312 e. The van der Waals surface area contributed by atoms with Crippen LogP contribution in [0.4, 0.5) is 0 Å². The molecule has 3 heterocycles. The Balaban J connectivity index is 1.40. The number of para-hydroxylation sites is 1. The summed E-state index contributed by atoms with van der Waals surface area (Å²) in [6.07, 6.45) is 1.80. The summed E-state index contributed by atoms with van der Waals surface area (Å²) in [6.45, 7) is 3.45. The van der Waals surface area contributed by atoms with Crippen LogP contribution in [0.1, 0.15) is 5.56 Å². The van der Waals surface area contributed by atoms with Gasteiger partial charge in [-0.15, -0.1) is 0 Å². The topological polar surface area (TPSA) is 74.7 Å². The molecule has 0 amide bonds. The summed E-state index contributed by atoms with van der Waals surface area (Å²) in [4.78, 5) is 18.3. The number of pyridine rings is 1. The minimum atomic E-state index is -0.685. The van der Waals surface area contributed by atoms with Crippen LogP contribution in [0.5, 0.6) is 11.6 Å². The molecule has 4 rings (SSSR count). The first-order valence-corrected chi connectivity index (χ1v) is 8.50. The molecule has 2 aliphatic heterocycles. The van der Waals surface area contributed by atoms with Crippen molar-refractivity contribution in [1.29, 1.82) is 0 Å². The van der Waals surface area contributed by atoms with E-state index in [4.69, 9.17) is 4.74 Å². The van der Waals surface area contributed by atoms with Gasteiger partial charge in [-0.05, 0) is 17.7 Å². The van der Waals surface area contributed by atoms with Crippen LogP contribution in [0, 0.1) is 11.3 Å². The third kappa shape index (κ3) is 3.10. The predicted octanol–water partition coefficient (Wildman–Crippen LogP) is 1.98. The standard InChI is InChI=1S/C19H21N3O3/c23-18(24)19-12-20-9-15(19)11-22(13-19)10-14-6-7-17(21-8-14)25-16-4-2-1-3-5-16/h1-8,15,20H,9-13H2,(H,23,24)/t15-,19-/m0/s1. The molecule has 0 saturated carbocycles. The van der Waals surface area contributed by atoms with E-state index in [1.165, 1.54) is 0 Å². The second-order valence-electron chi connectivity index (χ2n) is 6.88. The van der Waals surface area contributed by atoms with Crippen molar-refractivity contribution in [2.45, 2.75) is 6.54 Å². The number of likely N-dealkylation sites (tertiary alicyclic amines) is 1. The Morgan fingerprint density at radius 1 is 1.32 bits per heavy atom. The predicted molar refractivity (Wildman–Crippen MR) is 92.5 cm³/mol. The van der Waals surface area contributed by atoms with E-state index in [0.29, 0.717) is 25.5 Å². The monoisotopic (exact) mass is 339 g/mol. The summed E-state index contributed by atoms with van der Waals surface area (Å²) in [5.74, 6) is 0.804. The zero-order valence-corrected chi connectivity index (χ0v) is 13.9. The van der Waals surface area contributed by atoms with Crippen molar-refractivity contribution in [3.63, 3.8) is 0 Å². The normalized spacial score (nSPS) is 25.7. The van der Waals surface area contributed by atoms with Crippen LogP contribution in [-0.4, -0.2) is 47.1 Å². The minimum Gasteiger partial charge on any atom is -0.481 e. The molecule has 0 aliphatic carbocycles. The molecule has 2 saturated heterocycles. The van der Waals surface area contributed by atoms with Gasteiger partial charge in [-0.1, -0.05) is 24.3 Å². The molecule has 1 aromatic carbocycles. The lowest BCUT2D eigenvalue weighted by molar-refractivity contribution is -0.148. The van der Waals surface area contributed by atoms with Gasteiger partial charge in [0.05, 0.1) is 5.41 Å². The fraction of sp³-hybridized carbons (Fsp3) is 0.368. The van der Waals surface area contributed by atoms with Crippen molar-refractivity contribution in [3.05, 3.63) is 54.2 Å². The van der Waals surface area contributed by atoms with Crippen LogP contribution in [0.3, 0.4) is 0 Å². The van der Waals surface area contributed by atoms with Gasteiger partial charge in [-0.2, -0.15) is 0 Å². The number of carboxylic acids is 1. The van der Waals surface area contributed by atoms with Gasteiger partial charge >= 0.3 is 5.97 Å². The quantitative estimate of drug-likeness (QED) is 0.868. The Kier molecular flexibility index (Phi) is 4.15. The van der Waals surface area contributed by atoms with Gasteiger partial charge in [-0.3, -0.25) is 9.69 Å². The van der Waals surface area contributed by atoms with Crippen LogP contribution in [0.15, 0.2) is 48.7 Å². The summed E-state index contributed by atoms with van der Waals surface area (Å²) in [6, 6.07) is 13.4. The highest BCUT2D eigenvalue weighted by Gasteiger charge is 2.54. The third-order valence-corrected chi connectivity index (χ3v) is 5.19. The lowest BCUT2D eigenvalue weighted by Gasteiger charge is -2.22. The molecular formula is C19H21N3O3. The number of nitrogens with zero attached hydrogens (tertiary/aromatic N) is 2. The van der Waals surface area contributed by atoms with Gasteiger partial charge in [0.25, 0.3) is 0 Å². The largest absolute Gasteiger partial charge is 0.481 e. The zero-order chi connectivity index (χ0) is 17.3. The molecule has 0 bridgehead atoms. The van der Waals surface area contributed by atoms with E-state index >= 15 is 0 Å². The molecule has 2 aromatic rings. The van der Waals surface area contributed by atoms with Gasteiger partial charge in [0.2, 0.25) is 5.88 Å². The van der Waals surface area contributed by atoms with Crippen molar-refractivity contribution in [2.24, 2.45) is 11.3 Å². The molecule has 2 fully saturated rings. The molecule has 2 atom stereocenters. The van der Waals surface area contributed by atoms with Crippen molar-refractivity contribution < 1.29 is 14.6 Å². The number of rotatable bonds is 5. The number of aromatic nitrogens is 1. The Bertz CT molecular complexity index is 750. The highest BCUT2D eigenvalue weighted by molar-refractivity contribution is 5.77. The molecule has 0 spiro atoms. The van der Waals surface area contributed by atoms with E-state index in [9.17, 15) is 9.90 Å². The Labute approximate surface area is 146 Å². The number of aliphatic carboxylic acids is 1. The number of carboxylic acid groups (broad SMARTS) is 1. The zero-order valence-electron chi connectivity index (χ0n) is 13.9. The van der Waals surface area contributed by atoms with Crippen molar-refractivity contribution in [2.75, 3.05) is 26.2 Å². The molecule has 0 radical (unpaired) electrons. The van der Waals surface area contributed by atoms with Crippen LogP contribution in [0.25, 0.3) is 0 Å². The number of hydrogen-bond donors (Lipinski definition) is 2. The molecular weight excluding hydrogens is 318 g/mol. The van der Waals surface area contributed by atoms with Gasteiger partial charge in [-0.25, -0.2) is 4.98 Å². The van der Waals surface area contributed by atoms with Gasteiger partial charge in [0.1, 0.15) is 5.75 Å². The second kappa shape index (κ2) is 6.46. The highest BCUT2D eigenvalue weighted by atomic mass is 16.5. The number of hydrogen-bond acceptors (Lipinski definition) is 5. The molecule has 2 aliphatic rings. The molecule has 130 valence electrons. The average molecular weight is 339 g/mol. The van der Waals surface area contributed by atoms with Crippen molar-refractivity contribution in [1.82, 2.24) is 15.2 Å². The number of nitrogens with one attached hydrogen (secondary N) is 1. The van der Waals surface area contributed by atoms with Crippen LogP contribution in [-0.2, 0) is 11.3 Å². The molecule has 1 aromatic heterocycles. The third-order valence-electron chi connectivity index (χ3n) is 5.19. The molecule has 2 N–H and O–H groups in total. The van der Waals surface area contributed by atoms with Crippen molar-refractivity contribution in [3.8, 4) is 11.6 Å². The van der Waals surface area contributed by atoms with Crippen molar-refractivity contribution >= 4 is 5.97 Å². The average Bonchev–Trinajstić information content (AvgIpc) is 3.16. The fourth-order valence-corrected chi connectivity index (χ4v) is 3.88. The summed E-state index contributed by atoms with van der Waals surface area (Å²) in [7, 11) is 0. The van der Waals surface area contributed by atoms with E-state index in [1.807, 2.05) is 42.5 Å². The molecule has 0 unspecified atom stereocenters. The minimum absolute atomic E-state index is 0.179. The van der Waals surface area contributed by atoms with E-state index < -0.39 is 11.4 Å². The lowest BCUT2D eigenvalue weighted by Crippen LogP contribution is -2.40. The first kappa shape index (κ1) is 16.1. The first-order valence-electron chi connectivity index (χ1n) is 8.50. The highest BCUT2D eigenvalue weighted by Crippen LogP contribution is 2.39. The van der Waals surface area contributed by atoms with E-state index in [0.717, 1.165) is 24.4 Å². The summed E-state index contributed by atoms with van der Waals surface area (Å²) in [5.41, 5.74) is 0.429. The van der Waals surface area contributed by atoms with Gasteiger partial charge < -0.3 is 15.2 Å². The maximum Gasteiger partial charge on any atom is 0.312 e. The summed E-state index contributed by atoms with van der Waals surface area (Å²) < 4.78 is 5.70. The molecule has 6 nitrogen and oxygen atoms in total. The summed E-state index contributed by atoms with van der Waals surface area (Å²) in [5, 5.41) is 12.9. The lowest BCUT2D eigenvalue weighted by atomic mass is 9.81. The second-order valence-corrected chi connectivity index (χ2v) is 6.88. The number of ether oxygens (including phenoxy) is 1. The Morgan fingerprint density at radius 2 is 2.16 bits per heavy atom. The fourth-order valence-electron chi connectivity index (χ4n) is 3.88. The van der Waals surface area contributed by atoms with Crippen LogP contribution >= 0.6 is 0 Å². The maximum atomic E-state index is 11.7. The van der Waals surface area contributed by atoms with Crippen LogP contribution < -0.4 is 10.1 Å². The Morgan fingerprint density at radius 3 is 2.84 bits per heavy atom. The van der Waals surface area contributed by atoms with Crippen LogP contribution in [0.2, 0.25) is 0 Å². The first-order chi connectivity index (χ1) is 12.2. The van der Waals surface area contributed by atoms with Gasteiger partial charge in [0, 0.05) is 50.9 Å². The number of carbonyl (C=O) groups is 1. The van der Waals surface area contributed by atoms with E-state index in [-0.39, 0.29) is 5.92 Å². The Hall–Kier alpha value is -2.44. The van der Waals surface area contributed by atoms with E-state index in [2.05, 4.69) is 15.2 Å². The van der Waals surface area contributed by atoms with E-state index in [1.54, 1.807) is 6.20 Å². The SMILES string of the molecule is O=C(O)[C@]12CNC[C@H]1CN(Cc1ccc(Oc3ccccc3)nc1)C2.